The van der Waals surface area contributed by atoms with Crippen molar-refractivity contribution in [2.45, 2.75) is 13.5 Å². The van der Waals surface area contributed by atoms with Crippen LogP contribution in [-0.4, -0.2) is 23.6 Å². The van der Waals surface area contributed by atoms with Crippen LogP contribution in [0.2, 0.25) is 0 Å². The molecular weight excluding hydrogens is 204 g/mol. The van der Waals surface area contributed by atoms with Gasteiger partial charge in [-0.3, -0.25) is 10.7 Å². The molecule has 0 aliphatic rings. The Morgan fingerprint density at radius 2 is 2.31 bits per heavy atom. The molecule has 1 aromatic heterocycles. The minimum Gasteiger partial charge on any atom is -0.441 e. The van der Waals surface area contributed by atoms with E-state index in [0.29, 0.717) is 12.6 Å². The Morgan fingerprint density at radius 1 is 1.50 bits per heavy atom. The van der Waals surface area contributed by atoms with Gasteiger partial charge in [0.15, 0.2) is 11.5 Å². The van der Waals surface area contributed by atoms with E-state index in [1.54, 1.807) is 0 Å². The van der Waals surface area contributed by atoms with Crippen LogP contribution in [0.5, 0.6) is 0 Å². The number of hydrazine groups is 1. The van der Waals surface area contributed by atoms with E-state index < -0.39 is 0 Å². The summed E-state index contributed by atoms with van der Waals surface area (Å²) in [4.78, 5) is 6.38. The zero-order valence-corrected chi connectivity index (χ0v) is 9.53. The van der Waals surface area contributed by atoms with Crippen molar-refractivity contribution in [3.8, 4) is 0 Å². The zero-order chi connectivity index (χ0) is 11.5. The summed E-state index contributed by atoms with van der Waals surface area (Å²) in [5.74, 6) is 5.96. The highest BCUT2D eigenvalue weighted by Crippen LogP contribution is 2.17. The molecule has 3 N–H and O–H groups in total. The number of aromatic nitrogens is 1. The van der Waals surface area contributed by atoms with E-state index in [1.807, 2.05) is 32.2 Å². The molecule has 0 aliphatic carbocycles. The molecule has 1 heterocycles. The summed E-state index contributed by atoms with van der Waals surface area (Å²) in [6, 6.07) is 6.03. The molecule has 0 spiro atoms. The van der Waals surface area contributed by atoms with Gasteiger partial charge in [-0.2, -0.15) is 0 Å². The van der Waals surface area contributed by atoms with Gasteiger partial charge in [0.05, 0.1) is 6.67 Å². The molecule has 0 amide bonds. The van der Waals surface area contributed by atoms with Crippen molar-refractivity contribution in [1.82, 2.24) is 15.3 Å². The number of nitrogens with two attached hydrogens (primary N) is 1. The van der Waals surface area contributed by atoms with Crippen molar-refractivity contribution in [3.63, 3.8) is 0 Å². The van der Waals surface area contributed by atoms with Crippen molar-refractivity contribution >= 4 is 11.1 Å². The van der Waals surface area contributed by atoms with Crippen LogP contribution in [0.1, 0.15) is 11.5 Å². The maximum Gasteiger partial charge on any atom is 0.192 e. The van der Waals surface area contributed by atoms with Gasteiger partial charge in [-0.05, 0) is 24.7 Å². The third kappa shape index (κ3) is 2.38. The number of hydrogen-bond acceptors (Lipinski definition) is 5. The standard InChI is InChI=1S/C11H16N4O/c1-8-14-10-5-9(3-4-11(10)16-8)6-15(2)7-13-12/h3-5,13H,6-7,12H2,1-2H3. The topological polar surface area (TPSA) is 67.3 Å². The summed E-state index contributed by atoms with van der Waals surface area (Å²) in [7, 11) is 2.00. The summed E-state index contributed by atoms with van der Waals surface area (Å²) in [6.45, 7) is 3.33. The summed E-state index contributed by atoms with van der Waals surface area (Å²) < 4.78 is 5.42. The predicted octanol–water partition coefficient (Wildman–Crippen LogP) is 0.989. The van der Waals surface area contributed by atoms with Gasteiger partial charge in [0, 0.05) is 13.5 Å². The van der Waals surface area contributed by atoms with Gasteiger partial charge in [0.2, 0.25) is 0 Å². The molecule has 0 fully saturated rings. The van der Waals surface area contributed by atoms with Crippen LogP contribution in [0.3, 0.4) is 0 Å². The lowest BCUT2D eigenvalue weighted by Gasteiger charge is -2.15. The van der Waals surface area contributed by atoms with Crippen LogP contribution in [0, 0.1) is 6.92 Å². The third-order valence-electron chi connectivity index (χ3n) is 2.37. The fourth-order valence-corrected chi connectivity index (χ4v) is 1.71. The summed E-state index contributed by atoms with van der Waals surface area (Å²) in [5, 5.41) is 0. The third-order valence-corrected chi connectivity index (χ3v) is 2.37. The predicted molar refractivity (Wildman–Crippen MR) is 62.4 cm³/mol. The lowest BCUT2D eigenvalue weighted by molar-refractivity contribution is 0.301. The van der Waals surface area contributed by atoms with Crippen molar-refractivity contribution in [3.05, 3.63) is 29.7 Å². The lowest BCUT2D eigenvalue weighted by Crippen LogP contribution is -2.34. The molecule has 0 aliphatic heterocycles. The van der Waals surface area contributed by atoms with Crippen LogP contribution in [0.4, 0.5) is 0 Å². The minimum atomic E-state index is 0.649. The molecule has 0 bridgehead atoms. The average Bonchev–Trinajstić information content (AvgIpc) is 2.57. The van der Waals surface area contributed by atoms with Crippen molar-refractivity contribution in [2.24, 2.45) is 5.84 Å². The second-order valence-electron chi connectivity index (χ2n) is 3.91. The number of fused-ring (bicyclic) bond motifs is 1. The highest BCUT2D eigenvalue weighted by Gasteiger charge is 2.04. The molecule has 5 nitrogen and oxygen atoms in total. The van der Waals surface area contributed by atoms with Gasteiger partial charge in [-0.15, -0.1) is 0 Å². The Morgan fingerprint density at radius 3 is 3.06 bits per heavy atom. The maximum atomic E-state index is 5.42. The van der Waals surface area contributed by atoms with Gasteiger partial charge in [-0.25, -0.2) is 10.4 Å². The Balaban J connectivity index is 2.18. The second-order valence-corrected chi connectivity index (χ2v) is 3.91. The largest absolute Gasteiger partial charge is 0.441 e. The van der Waals surface area contributed by atoms with Crippen molar-refractivity contribution < 1.29 is 4.42 Å². The summed E-state index contributed by atoms with van der Waals surface area (Å²) in [6.07, 6.45) is 0. The number of benzene rings is 1. The van der Waals surface area contributed by atoms with Gasteiger partial charge in [0.1, 0.15) is 5.52 Å². The molecule has 0 radical (unpaired) electrons. The monoisotopic (exact) mass is 220 g/mol. The fraction of sp³-hybridized carbons (Fsp3) is 0.364. The lowest BCUT2D eigenvalue weighted by atomic mass is 10.2. The first-order valence-corrected chi connectivity index (χ1v) is 5.17. The number of nitrogens with one attached hydrogen (secondary N) is 1. The average molecular weight is 220 g/mol. The van der Waals surface area contributed by atoms with Crippen LogP contribution in [0.25, 0.3) is 11.1 Å². The Kier molecular flexibility index (Phi) is 3.19. The number of hydrogen-bond donors (Lipinski definition) is 2. The van der Waals surface area contributed by atoms with E-state index in [1.165, 1.54) is 5.56 Å². The Bertz CT molecular complexity index is 480. The molecule has 0 saturated heterocycles. The molecule has 2 rings (SSSR count). The van der Waals surface area contributed by atoms with E-state index >= 15 is 0 Å². The van der Waals surface area contributed by atoms with Gasteiger partial charge >= 0.3 is 0 Å². The molecule has 0 atom stereocenters. The van der Waals surface area contributed by atoms with Gasteiger partial charge in [-0.1, -0.05) is 6.07 Å². The molecule has 1 aromatic carbocycles. The Labute approximate surface area is 94.2 Å². The maximum absolute atomic E-state index is 5.42. The molecule has 86 valence electrons. The van der Waals surface area contributed by atoms with Crippen LogP contribution >= 0.6 is 0 Å². The van der Waals surface area contributed by atoms with Crippen molar-refractivity contribution in [2.75, 3.05) is 13.7 Å². The molecule has 2 aromatic rings. The van der Waals surface area contributed by atoms with E-state index in [-0.39, 0.29) is 0 Å². The first-order chi connectivity index (χ1) is 7.69. The normalized spacial score (nSPS) is 11.5. The molecular formula is C11H16N4O. The second kappa shape index (κ2) is 4.61. The van der Waals surface area contributed by atoms with E-state index in [0.717, 1.165) is 17.6 Å². The quantitative estimate of drug-likeness (QED) is 0.457. The van der Waals surface area contributed by atoms with Crippen molar-refractivity contribution in [1.29, 1.82) is 0 Å². The van der Waals surface area contributed by atoms with Gasteiger partial charge in [0.25, 0.3) is 0 Å². The number of nitrogens with zero attached hydrogens (tertiary/aromatic N) is 2. The smallest absolute Gasteiger partial charge is 0.192 e. The highest BCUT2D eigenvalue weighted by atomic mass is 16.3. The van der Waals surface area contributed by atoms with E-state index in [2.05, 4.69) is 15.3 Å². The first kappa shape index (κ1) is 11.1. The Hall–Kier alpha value is -1.43. The van der Waals surface area contributed by atoms with E-state index in [4.69, 9.17) is 10.3 Å². The van der Waals surface area contributed by atoms with Crippen LogP contribution in [0.15, 0.2) is 22.6 Å². The SMILES string of the molecule is Cc1nc2cc(CN(C)CNN)ccc2o1. The first-order valence-electron chi connectivity index (χ1n) is 5.17. The number of aryl methyl sites for hydroxylation is 1. The minimum absolute atomic E-state index is 0.649. The highest BCUT2D eigenvalue weighted by molar-refractivity contribution is 5.73. The number of oxazole rings is 1. The van der Waals surface area contributed by atoms with Crippen LogP contribution < -0.4 is 11.3 Å². The van der Waals surface area contributed by atoms with E-state index in [9.17, 15) is 0 Å². The molecule has 0 saturated carbocycles. The number of rotatable bonds is 4. The zero-order valence-electron chi connectivity index (χ0n) is 9.53. The molecule has 5 heteroatoms. The summed E-state index contributed by atoms with van der Waals surface area (Å²) in [5.41, 5.74) is 5.55. The molecule has 0 unspecified atom stereocenters. The molecule has 16 heavy (non-hydrogen) atoms. The fourth-order valence-electron chi connectivity index (χ4n) is 1.71. The summed E-state index contributed by atoms with van der Waals surface area (Å²) >= 11 is 0. The van der Waals surface area contributed by atoms with Gasteiger partial charge < -0.3 is 4.42 Å². The van der Waals surface area contributed by atoms with Crippen LogP contribution in [-0.2, 0) is 6.54 Å².